The van der Waals surface area contributed by atoms with E-state index in [1.807, 2.05) is 0 Å². The summed E-state index contributed by atoms with van der Waals surface area (Å²) in [6.45, 7) is 0. The molecule has 0 atom stereocenters. The van der Waals surface area contributed by atoms with E-state index in [0.29, 0.717) is 22.0 Å². The van der Waals surface area contributed by atoms with Gasteiger partial charge in [0.05, 0.1) is 16.6 Å². The summed E-state index contributed by atoms with van der Waals surface area (Å²) in [5, 5.41) is -0.249. The Morgan fingerprint density at radius 1 is 1.25 bits per heavy atom. The molecule has 3 rings (SSSR count). The molecule has 2 heterocycles. The van der Waals surface area contributed by atoms with E-state index in [1.165, 1.54) is 16.7 Å². The van der Waals surface area contributed by atoms with E-state index in [-0.39, 0.29) is 5.76 Å². The zero-order chi connectivity index (χ0) is 14.7. The first kappa shape index (κ1) is 13.1. The number of alkyl halides is 3. The van der Waals surface area contributed by atoms with Crippen molar-refractivity contribution in [2.24, 2.45) is 7.05 Å². The first-order valence-corrected chi connectivity index (χ1v) is 5.96. The van der Waals surface area contributed by atoms with Crippen LogP contribution in [0.15, 0.2) is 28.7 Å². The van der Waals surface area contributed by atoms with Crippen molar-refractivity contribution in [3.8, 4) is 0 Å². The molecule has 1 aromatic carbocycles. The molecule has 104 valence electrons. The SMILES string of the molecule is Cn1c2cc(C(F)(F)F)ccc2c2oc(C(=O)Cl)cc21. The third-order valence-electron chi connectivity index (χ3n) is 3.20. The summed E-state index contributed by atoms with van der Waals surface area (Å²) in [6.07, 6.45) is -4.41. The van der Waals surface area contributed by atoms with Gasteiger partial charge in [0.2, 0.25) is 0 Å². The van der Waals surface area contributed by atoms with Crippen LogP contribution in [0.1, 0.15) is 16.1 Å². The van der Waals surface area contributed by atoms with Crippen LogP contribution < -0.4 is 0 Å². The van der Waals surface area contributed by atoms with Gasteiger partial charge in [-0.2, -0.15) is 13.2 Å². The van der Waals surface area contributed by atoms with Gasteiger partial charge in [0, 0.05) is 18.5 Å². The van der Waals surface area contributed by atoms with E-state index >= 15 is 0 Å². The summed E-state index contributed by atoms with van der Waals surface area (Å²) in [6, 6.07) is 4.77. The van der Waals surface area contributed by atoms with E-state index in [0.717, 1.165) is 12.1 Å². The van der Waals surface area contributed by atoms with Crippen LogP contribution in [0.4, 0.5) is 13.2 Å². The average molecular weight is 302 g/mol. The Kier molecular flexibility index (Phi) is 2.62. The predicted octanol–water partition coefficient (Wildman–Crippen LogP) is 4.32. The highest BCUT2D eigenvalue weighted by Crippen LogP contribution is 2.36. The number of furan rings is 1. The van der Waals surface area contributed by atoms with Crippen molar-refractivity contribution in [2.45, 2.75) is 6.18 Å². The Hall–Kier alpha value is -1.95. The monoisotopic (exact) mass is 301 g/mol. The molecule has 0 fully saturated rings. The molecular formula is C13H7ClF3NO2. The van der Waals surface area contributed by atoms with Gasteiger partial charge >= 0.3 is 6.18 Å². The number of fused-ring (bicyclic) bond motifs is 3. The molecule has 20 heavy (non-hydrogen) atoms. The summed E-state index contributed by atoms with van der Waals surface area (Å²) in [5.41, 5.74) is 0.507. The zero-order valence-corrected chi connectivity index (χ0v) is 10.8. The van der Waals surface area contributed by atoms with E-state index in [1.54, 1.807) is 7.05 Å². The maximum absolute atomic E-state index is 12.7. The lowest BCUT2D eigenvalue weighted by molar-refractivity contribution is -0.137. The van der Waals surface area contributed by atoms with Gasteiger partial charge in [0.1, 0.15) is 0 Å². The third kappa shape index (κ3) is 1.79. The van der Waals surface area contributed by atoms with Crippen LogP contribution in [0, 0.1) is 0 Å². The van der Waals surface area contributed by atoms with E-state index in [9.17, 15) is 18.0 Å². The van der Waals surface area contributed by atoms with Gasteiger partial charge in [-0.15, -0.1) is 0 Å². The molecule has 0 aliphatic carbocycles. The number of aryl methyl sites for hydroxylation is 1. The lowest BCUT2D eigenvalue weighted by atomic mass is 10.1. The Balaban J connectivity index is 2.33. The van der Waals surface area contributed by atoms with Gasteiger partial charge in [-0.1, -0.05) is 0 Å². The standard InChI is InChI=1S/C13H7ClF3NO2/c1-18-8-4-6(13(15,16)17)2-3-7(8)11-9(18)5-10(20-11)12(14)19/h2-5H,1H3. The van der Waals surface area contributed by atoms with Crippen LogP contribution >= 0.6 is 11.6 Å². The molecule has 0 N–H and O–H groups in total. The fourth-order valence-electron chi connectivity index (χ4n) is 2.23. The molecule has 0 unspecified atom stereocenters. The number of aromatic nitrogens is 1. The van der Waals surface area contributed by atoms with E-state index in [4.69, 9.17) is 16.0 Å². The second-order valence-electron chi connectivity index (χ2n) is 4.39. The fourth-order valence-corrected chi connectivity index (χ4v) is 2.32. The van der Waals surface area contributed by atoms with Crippen molar-refractivity contribution < 1.29 is 22.4 Å². The van der Waals surface area contributed by atoms with Crippen LogP contribution in [-0.4, -0.2) is 9.81 Å². The lowest BCUT2D eigenvalue weighted by Crippen LogP contribution is -2.04. The topological polar surface area (TPSA) is 35.1 Å². The quantitative estimate of drug-likeness (QED) is 0.627. The minimum atomic E-state index is -4.41. The van der Waals surface area contributed by atoms with Crippen molar-refractivity contribution in [3.05, 3.63) is 35.6 Å². The average Bonchev–Trinajstić information content (AvgIpc) is 2.89. The van der Waals surface area contributed by atoms with Gasteiger partial charge < -0.3 is 8.98 Å². The van der Waals surface area contributed by atoms with Gasteiger partial charge in [-0.05, 0) is 29.8 Å². The minimum absolute atomic E-state index is 0.0333. The number of halogens is 4. The molecule has 0 amide bonds. The smallest absolute Gasteiger partial charge is 0.416 e. The van der Waals surface area contributed by atoms with Gasteiger partial charge in [0.25, 0.3) is 5.24 Å². The molecule has 3 nitrogen and oxygen atoms in total. The molecule has 2 aromatic heterocycles. The first-order chi connectivity index (χ1) is 9.29. The van der Waals surface area contributed by atoms with Crippen LogP contribution in [0.3, 0.4) is 0 Å². The summed E-state index contributed by atoms with van der Waals surface area (Å²) >= 11 is 5.33. The summed E-state index contributed by atoms with van der Waals surface area (Å²) < 4.78 is 45.0. The molecule has 0 saturated heterocycles. The van der Waals surface area contributed by atoms with Crippen LogP contribution in [0.5, 0.6) is 0 Å². The normalized spacial score (nSPS) is 12.4. The Morgan fingerprint density at radius 3 is 2.55 bits per heavy atom. The van der Waals surface area contributed by atoms with Gasteiger partial charge in [0.15, 0.2) is 11.3 Å². The molecule has 0 spiro atoms. The number of hydrogen-bond acceptors (Lipinski definition) is 2. The Bertz CT molecular complexity index is 845. The lowest BCUT2D eigenvalue weighted by Gasteiger charge is -2.06. The molecule has 0 aliphatic rings. The van der Waals surface area contributed by atoms with Crippen molar-refractivity contribution in [2.75, 3.05) is 0 Å². The zero-order valence-electron chi connectivity index (χ0n) is 10.1. The summed E-state index contributed by atoms with van der Waals surface area (Å²) in [4.78, 5) is 11.1. The van der Waals surface area contributed by atoms with E-state index < -0.39 is 17.0 Å². The minimum Gasteiger partial charge on any atom is -0.449 e. The fraction of sp³-hybridized carbons (Fsp3) is 0.154. The maximum Gasteiger partial charge on any atom is 0.416 e. The molecule has 3 aromatic rings. The number of carbonyl (C=O) groups is 1. The predicted molar refractivity (Wildman–Crippen MR) is 67.9 cm³/mol. The second-order valence-corrected chi connectivity index (χ2v) is 4.73. The molecular weight excluding hydrogens is 295 g/mol. The van der Waals surface area contributed by atoms with Crippen molar-refractivity contribution in [1.82, 2.24) is 4.57 Å². The molecule has 0 aliphatic heterocycles. The van der Waals surface area contributed by atoms with Gasteiger partial charge in [-0.3, -0.25) is 4.79 Å². The summed E-state index contributed by atoms with van der Waals surface area (Å²) in [5.74, 6) is -0.0333. The van der Waals surface area contributed by atoms with Crippen molar-refractivity contribution in [1.29, 1.82) is 0 Å². The van der Waals surface area contributed by atoms with Crippen LogP contribution in [0.25, 0.3) is 22.0 Å². The molecule has 0 saturated carbocycles. The van der Waals surface area contributed by atoms with Crippen LogP contribution in [0.2, 0.25) is 0 Å². The first-order valence-electron chi connectivity index (χ1n) is 5.58. The number of carbonyl (C=O) groups excluding carboxylic acids is 1. The van der Waals surface area contributed by atoms with Gasteiger partial charge in [-0.25, -0.2) is 0 Å². The number of nitrogens with zero attached hydrogens (tertiary/aromatic N) is 1. The molecule has 0 bridgehead atoms. The van der Waals surface area contributed by atoms with Crippen molar-refractivity contribution in [3.63, 3.8) is 0 Å². The highest BCUT2D eigenvalue weighted by Gasteiger charge is 2.31. The number of hydrogen-bond donors (Lipinski definition) is 0. The maximum atomic E-state index is 12.7. The van der Waals surface area contributed by atoms with E-state index in [2.05, 4.69) is 0 Å². The molecule has 0 radical (unpaired) electrons. The van der Waals surface area contributed by atoms with Crippen molar-refractivity contribution >= 4 is 38.8 Å². The highest BCUT2D eigenvalue weighted by atomic mass is 35.5. The second kappa shape index (κ2) is 4.02. The number of benzene rings is 1. The third-order valence-corrected chi connectivity index (χ3v) is 3.38. The highest BCUT2D eigenvalue weighted by molar-refractivity contribution is 6.67. The number of rotatable bonds is 1. The molecule has 7 heteroatoms. The Labute approximate surface area is 115 Å². The largest absolute Gasteiger partial charge is 0.449 e. The summed E-state index contributed by atoms with van der Waals surface area (Å²) in [7, 11) is 1.60. The van der Waals surface area contributed by atoms with Crippen LogP contribution in [-0.2, 0) is 13.2 Å². The Morgan fingerprint density at radius 2 is 1.95 bits per heavy atom.